The second-order valence-electron chi connectivity index (χ2n) is 6.69. The molecular weight excluding hydrogens is 336 g/mol. The molecule has 0 aliphatic rings. The van der Waals surface area contributed by atoms with E-state index in [1.165, 1.54) is 12.1 Å². The van der Waals surface area contributed by atoms with E-state index in [2.05, 4.69) is 6.58 Å². The molecular formula is C20H22O6. The molecule has 0 amide bonds. The molecule has 138 valence electrons. The average Bonchev–Trinajstić information content (AvgIpc) is 3.08. The molecule has 1 N–H and O–H groups in total. The molecule has 1 aromatic heterocycles. The van der Waals surface area contributed by atoms with Crippen molar-refractivity contribution in [2.24, 2.45) is 0 Å². The van der Waals surface area contributed by atoms with Gasteiger partial charge in [-0.25, -0.2) is 9.59 Å². The molecule has 0 radical (unpaired) electrons. The summed E-state index contributed by atoms with van der Waals surface area (Å²) in [5.41, 5.74) is -0.0561. The van der Waals surface area contributed by atoms with Crippen molar-refractivity contribution in [2.75, 3.05) is 0 Å². The lowest BCUT2D eigenvalue weighted by Crippen LogP contribution is -2.26. The van der Waals surface area contributed by atoms with Gasteiger partial charge >= 0.3 is 11.9 Å². The molecule has 1 atom stereocenters. The van der Waals surface area contributed by atoms with Crippen molar-refractivity contribution in [3.05, 3.63) is 71.7 Å². The summed E-state index contributed by atoms with van der Waals surface area (Å²) in [6, 6.07) is 12.0. The van der Waals surface area contributed by atoms with Crippen LogP contribution in [-0.4, -0.2) is 22.6 Å². The van der Waals surface area contributed by atoms with E-state index in [4.69, 9.17) is 13.9 Å². The maximum absolute atomic E-state index is 12.0. The van der Waals surface area contributed by atoms with Gasteiger partial charge in [-0.1, -0.05) is 36.9 Å². The van der Waals surface area contributed by atoms with Crippen LogP contribution in [0.2, 0.25) is 0 Å². The van der Waals surface area contributed by atoms with Crippen LogP contribution in [0.1, 0.15) is 48.8 Å². The number of benzene rings is 1. The van der Waals surface area contributed by atoms with E-state index in [0.717, 1.165) is 5.56 Å². The van der Waals surface area contributed by atoms with Crippen LogP contribution in [-0.2, 0) is 20.9 Å². The van der Waals surface area contributed by atoms with Gasteiger partial charge in [0.2, 0.25) is 5.76 Å². The summed E-state index contributed by atoms with van der Waals surface area (Å²) >= 11 is 0. The van der Waals surface area contributed by atoms with E-state index in [-0.39, 0.29) is 23.7 Å². The van der Waals surface area contributed by atoms with E-state index < -0.39 is 23.6 Å². The smallest absolute Gasteiger partial charge is 0.374 e. The average molecular weight is 358 g/mol. The highest BCUT2D eigenvalue weighted by atomic mass is 16.6. The van der Waals surface area contributed by atoms with Crippen LogP contribution in [0.3, 0.4) is 0 Å². The van der Waals surface area contributed by atoms with Crippen LogP contribution in [0.25, 0.3) is 0 Å². The van der Waals surface area contributed by atoms with Crippen LogP contribution in [0, 0.1) is 0 Å². The monoisotopic (exact) mass is 358 g/mol. The molecule has 1 heterocycles. The van der Waals surface area contributed by atoms with Gasteiger partial charge in [0.1, 0.15) is 24.1 Å². The summed E-state index contributed by atoms with van der Waals surface area (Å²) < 4.78 is 15.6. The van der Waals surface area contributed by atoms with Crippen LogP contribution < -0.4 is 0 Å². The zero-order chi connectivity index (χ0) is 19.3. The highest BCUT2D eigenvalue weighted by Gasteiger charge is 2.27. The quantitative estimate of drug-likeness (QED) is 0.628. The molecule has 6 nitrogen and oxygen atoms in total. The predicted molar refractivity (Wildman–Crippen MR) is 94.2 cm³/mol. The molecule has 0 spiro atoms. The van der Waals surface area contributed by atoms with Gasteiger partial charge in [0, 0.05) is 0 Å². The van der Waals surface area contributed by atoms with Gasteiger partial charge in [0.05, 0.1) is 5.57 Å². The second kappa shape index (κ2) is 8.01. The maximum atomic E-state index is 12.0. The van der Waals surface area contributed by atoms with E-state index in [0.29, 0.717) is 0 Å². The summed E-state index contributed by atoms with van der Waals surface area (Å²) in [5, 5.41) is 10.2. The third kappa shape index (κ3) is 5.32. The standard InChI is InChI=1S/C20H22O6/c1-13(18(22)26-20(2,3)4)17(21)15-10-11-16(25-15)19(23)24-12-14-8-6-5-7-9-14/h5-11,17,21H,1,12H2,2-4H3. The maximum Gasteiger partial charge on any atom is 0.374 e. The van der Waals surface area contributed by atoms with Crippen molar-refractivity contribution in [3.8, 4) is 0 Å². The molecule has 0 saturated carbocycles. The fraction of sp³-hybridized carbons (Fsp3) is 0.300. The van der Waals surface area contributed by atoms with Crippen molar-refractivity contribution >= 4 is 11.9 Å². The van der Waals surface area contributed by atoms with Crippen LogP contribution in [0.4, 0.5) is 0 Å². The van der Waals surface area contributed by atoms with Gasteiger partial charge in [0.15, 0.2) is 0 Å². The molecule has 2 aromatic rings. The lowest BCUT2D eigenvalue weighted by molar-refractivity contribution is -0.151. The van der Waals surface area contributed by atoms with Gasteiger partial charge in [-0.2, -0.15) is 0 Å². The van der Waals surface area contributed by atoms with Crippen LogP contribution in [0.15, 0.2) is 59.0 Å². The number of furan rings is 1. The number of rotatable bonds is 6. The van der Waals surface area contributed by atoms with E-state index >= 15 is 0 Å². The first-order chi connectivity index (χ1) is 12.2. The van der Waals surface area contributed by atoms with E-state index in [1.54, 1.807) is 20.8 Å². The first-order valence-corrected chi connectivity index (χ1v) is 8.08. The number of esters is 2. The summed E-state index contributed by atoms with van der Waals surface area (Å²) in [4.78, 5) is 24.0. The molecule has 26 heavy (non-hydrogen) atoms. The Balaban J connectivity index is 1.98. The fourth-order valence-corrected chi connectivity index (χ4v) is 2.03. The zero-order valence-corrected chi connectivity index (χ0v) is 15.0. The largest absolute Gasteiger partial charge is 0.457 e. The number of hydrogen-bond acceptors (Lipinski definition) is 6. The normalized spacial score (nSPS) is 12.3. The number of aliphatic hydroxyl groups is 1. The molecule has 0 saturated heterocycles. The number of carbonyl (C=O) groups is 2. The molecule has 1 aromatic carbocycles. The summed E-state index contributed by atoms with van der Waals surface area (Å²) in [7, 11) is 0. The SMILES string of the molecule is C=C(C(=O)OC(C)(C)C)C(O)c1ccc(C(=O)OCc2ccccc2)o1. The molecule has 0 aliphatic carbocycles. The number of ether oxygens (including phenoxy) is 2. The van der Waals surface area contributed by atoms with Crippen molar-refractivity contribution < 1.29 is 28.6 Å². The Hall–Kier alpha value is -2.86. The van der Waals surface area contributed by atoms with Gasteiger partial charge in [0.25, 0.3) is 0 Å². The molecule has 0 aliphatic heterocycles. The Labute approximate surface area is 152 Å². The molecule has 1 unspecified atom stereocenters. The second-order valence-corrected chi connectivity index (χ2v) is 6.69. The van der Waals surface area contributed by atoms with E-state index in [1.807, 2.05) is 30.3 Å². The van der Waals surface area contributed by atoms with Gasteiger partial charge < -0.3 is 19.0 Å². The lowest BCUT2D eigenvalue weighted by Gasteiger charge is -2.21. The Morgan fingerprint density at radius 1 is 1.15 bits per heavy atom. The van der Waals surface area contributed by atoms with Gasteiger partial charge in [-0.05, 0) is 38.5 Å². The Morgan fingerprint density at radius 3 is 2.42 bits per heavy atom. The molecule has 2 rings (SSSR count). The minimum atomic E-state index is -1.42. The Morgan fingerprint density at radius 2 is 1.81 bits per heavy atom. The minimum Gasteiger partial charge on any atom is -0.457 e. The molecule has 0 fully saturated rings. The van der Waals surface area contributed by atoms with Gasteiger partial charge in [-0.15, -0.1) is 0 Å². The van der Waals surface area contributed by atoms with Crippen LogP contribution in [0.5, 0.6) is 0 Å². The summed E-state index contributed by atoms with van der Waals surface area (Å²) in [6.07, 6.45) is -1.42. The number of carbonyl (C=O) groups excluding carboxylic acids is 2. The first-order valence-electron chi connectivity index (χ1n) is 8.08. The molecule has 6 heteroatoms. The van der Waals surface area contributed by atoms with Crippen LogP contribution >= 0.6 is 0 Å². The van der Waals surface area contributed by atoms with Gasteiger partial charge in [-0.3, -0.25) is 0 Å². The third-order valence-corrected chi connectivity index (χ3v) is 3.30. The fourth-order valence-electron chi connectivity index (χ4n) is 2.03. The first kappa shape index (κ1) is 19.5. The van der Waals surface area contributed by atoms with Crippen molar-refractivity contribution in [2.45, 2.75) is 39.1 Å². The summed E-state index contributed by atoms with van der Waals surface area (Å²) in [5.74, 6) is -1.48. The Kier molecular flexibility index (Phi) is 6.00. The third-order valence-electron chi connectivity index (χ3n) is 3.30. The number of aliphatic hydroxyl groups excluding tert-OH is 1. The summed E-state index contributed by atoms with van der Waals surface area (Å²) in [6.45, 7) is 8.76. The topological polar surface area (TPSA) is 86.0 Å². The highest BCUT2D eigenvalue weighted by molar-refractivity contribution is 5.89. The highest BCUT2D eigenvalue weighted by Crippen LogP contribution is 2.25. The Bertz CT molecular complexity index is 782. The molecule has 0 bridgehead atoms. The lowest BCUT2D eigenvalue weighted by atomic mass is 10.1. The zero-order valence-electron chi connectivity index (χ0n) is 15.0. The van der Waals surface area contributed by atoms with Crippen molar-refractivity contribution in [1.29, 1.82) is 0 Å². The van der Waals surface area contributed by atoms with Crippen molar-refractivity contribution in [1.82, 2.24) is 0 Å². The predicted octanol–water partition coefficient (Wildman–Crippen LogP) is 3.57. The van der Waals surface area contributed by atoms with Crippen molar-refractivity contribution in [3.63, 3.8) is 0 Å². The number of hydrogen-bond donors (Lipinski definition) is 1. The van der Waals surface area contributed by atoms with E-state index in [9.17, 15) is 14.7 Å². The minimum absolute atomic E-state index is 0.00696.